The van der Waals surface area contributed by atoms with Crippen LogP contribution in [0.5, 0.6) is 0 Å². The molecule has 37 heavy (non-hydrogen) atoms. The van der Waals surface area contributed by atoms with Gasteiger partial charge in [0.1, 0.15) is 0 Å². The summed E-state index contributed by atoms with van der Waals surface area (Å²) in [6, 6.07) is 4.15. The van der Waals surface area contributed by atoms with Gasteiger partial charge in [-0.1, -0.05) is 51.2 Å². The molecule has 1 saturated carbocycles. The number of rotatable bonds is 13. The Morgan fingerprint density at radius 1 is 1.14 bits per heavy atom. The van der Waals surface area contributed by atoms with Crippen LogP contribution < -0.4 is 10.6 Å². The normalized spacial score (nSPS) is 20.4. The molecule has 0 aromatic heterocycles. The second-order valence-corrected chi connectivity index (χ2v) is 10.7. The lowest BCUT2D eigenvalue weighted by molar-refractivity contribution is -0.136. The number of amides is 2. The summed E-state index contributed by atoms with van der Waals surface area (Å²) in [5, 5.41) is 6.03. The molecule has 2 amide bonds. The third-order valence-corrected chi connectivity index (χ3v) is 7.92. The first-order valence-electron chi connectivity index (χ1n) is 14.2. The van der Waals surface area contributed by atoms with E-state index in [2.05, 4.69) is 10.6 Å². The number of benzene rings is 1. The van der Waals surface area contributed by atoms with E-state index in [0.29, 0.717) is 44.3 Å². The van der Waals surface area contributed by atoms with E-state index in [4.69, 9.17) is 4.74 Å². The van der Waals surface area contributed by atoms with Crippen molar-refractivity contribution >= 4 is 11.8 Å². The molecule has 2 fully saturated rings. The van der Waals surface area contributed by atoms with E-state index < -0.39 is 17.7 Å². The van der Waals surface area contributed by atoms with Gasteiger partial charge in [0, 0.05) is 44.0 Å². The number of likely N-dealkylation sites (tertiary alicyclic amines) is 1. The number of carbonyl (C=O) groups excluding carboxylic acids is 2. The molecule has 6 nitrogen and oxygen atoms in total. The summed E-state index contributed by atoms with van der Waals surface area (Å²) in [5.41, 5.74) is 0.173. The van der Waals surface area contributed by atoms with Crippen molar-refractivity contribution in [3.05, 3.63) is 35.4 Å². The maximum Gasteiger partial charge on any atom is 0.222 e. The number of hydrogen-bond donors (Lipinski definition) is 2. The van der Waals surface area contributed by atoms with Crippen LogP contribution in [0.25, 0.3) is 0 Å². The molecule has 2 N–H and O–H groups in total. The van der Waals surface area contributed by atoms with Crippen molar-refractivity contribution in [3.8, 4) is 0 Å². The van der Waals surface area contributed by atoms with Gasteiger partial charge in [0.25, 0.3) is 0 Å². The third kappa shape index (κ3) is 9.02. The number of nitrogens with one attached hydrogen (secondary N) is 2. The second kappa shape index (κ2) is 15.4. The Labute approximate surface area is 220 Å². The van der Waals surface area contributed by atoms with Crippen molar-refractivity contribution in [2.24, 2.45) is 17.8 Å². The summed E-state index contributed by atoms with van der Waals surface area (Å²) in [4.78, 5) is 26.9. The van der Waals surface area contributed by atoms with Gasteiger partial charge in [-0.05, 0) is 50.8 Å². The van der Waals surface area contributed by atoms with Crippen LogP contribution in [0.1, 0.15) is 82.8 Å². The molecule has 0 unspecified atom stereocenters. The SMILES string of the molecule is CCC(=O)NCCO[C@@H](c1cccc(F)c1F)[C@@H]1CCCN(C(=O)C[C@H](CNC)CC2CCCCC2)C1. The lowest BCUT2D eigenvalue weighted by atomic mass is 9.81. The summed E-state index contributed by atoms with van der Waals surface area (Å²) < 4.78 is 35.0. The Hall–Kier alpha value is -2.06. The maximum atomic E-state index is 14.8. The monoisotopic (exact) mass is 521 g/mol. The number of halogens is 2. The Kier molecular flexibility index (Phi) is 12.3. The molecule has 0 radical (unpaired) electrons. The van der Waals surface area contributed by atoms with E-state index in [0.717, 1.165) is 31.9 Å². The van der Waals surface area contributed by atoms with Gasteiger partial charge in [0.05, 0.1) is 12.7 Å². The molecule has 1 heterocycles. The van der Waals surface area contributed by atoms with Gasteiger partial charge in [0.2, 0.25) is 11.8 Å². The van der Waals surface area contributed by atoms with E-state index in [1.54, 1.807) is 13.0 Å². The van der Waals surface area contributed by atoms with E-state index in [9.17, 15) is 18.4 Å². The topological polar surface area (TPSA) is 70.7 Å². The number of nitrogens with zero attached hydrogens (tertiary/aromatic N) is 1. The fraction of sp³-hybridized carbons (Fsp3) is 0.724. The number of ether oxygens (including phenoxy) is 1. The van der Waals surface area contributed by atoms with Gasteiger partial charge in [-0.15, -0.1) is 0 Å². The zero-order chi connectivity index (χ0) is 26.6. The molecule has 1 aromatic carbocycles. The highest BCUT2D eigenvalue weighted by molar-refractivity contribution is 5.76. The van der Waals surface area contributed by atoms with Crippen LogP contribution in [0, 0.1) is 29.4 Å². The molecule has 1 aromatic rings. The van der Waals surface area contributed by atoms with Gasteiger partial charge < -0.3 is 20.3 Å². The first-order valence-corrected chi connectivity index (χ1v) is 14.2. The number of carbonyl (C=O) groups is 2. The third-order valence-electron chi connectivity index (χ3n) is 7.92. The van der Waals surface area contributed by atoms with Gasteiger partial charge in [-0.2, -0.15) is 0 Å². The first kappa shape index (κ1) is 29.5. The average molecular weight is 522 g/mol. The molecule has 0 spiro atoms. The molecule has 208 valence electrons. The van der Waals surface area contributed by atoms with Crippen molar-refractivity contribution in [1.29, 1.82) is 0 Å². The van der Waals surface area contributed by atoms with Gasteiger partial charge in [0.15, 0.2) is 11.6 Å². The molecular formula is C29H45F2N3O3. The minimum absolute atomic E-state index is 0.0872. The van der Waals surface area contributed by atoms with Crippen LogP contribution in [0.3, 0.4) is 0 Å². The van der Waals surface area contributed by atoms with Crippen LogP contribution in [-0.4, -0.2) is 56.5 Å². The molecule has 1 saturated heterocycles. The zero-order valence-electron chi connectivity index (χ0n) is 22.6. The predicted molar refractivity (Wildman–Crippen MR) is 141 cm³/mol. The van der Waals surface area contributed by atoms with Crippen molar-refractivity contribution in [1.82, 2.24) is 15.5 Å². The summed E-state index contributed by atoms with van der Waals surface area (Å²) in [7, 11) is 1.94. The molecule has 3 rings (SSSR count). The lowest BCUT2D eigenvalue weighted by Crippen LogP contribution is -2.43. The Balaban J connectivity index is 1.66. The fourth-order valence-corrected chi connectivity index (χ4v) is 6.00. The summed E-state index contributed by atoms with van der Waals surface area (Å²) in [6.07, 6.45) is 9.23. The molecule has 2 aliphatic rings. The van der Waals surface area contributed by atoms with Crippen LogP contribution in [-0.2, 0) is 14.3 Å². The van der Waals surface area contributed by atoms with Crippen molar-refractivity contribution in [3.63, 3.8) is 0 Å². The second-order valence-electron chi connectivity index (χ2n) is 10.7. The lowest BCUT2D eigenvalue weighted by Gasteiger charge is -2.38. The molecule has 3 atom stereocenters. The van der Waals surface area contributed by atoms with Crippen LogP contribution >= 0.6 is 0 Å². The smallest absolute Gasteiger partial charge is 0.222 e. The largest absolute Gasteiger partial charge is 0.371 e. The van der Waals surface area contributed by atoms with Gasteiger partial charge in [-0.3, -0.25) is 9.59 Å². The molecule has 1 aliphatic carbocycles. The molecule has 0 bridgehead atoms. The maximum absolute atomic E-state index is 14.8. The molecular weight excluding hydrogens is 476 g/mol. The molecule has 1 aliphatic heterocycles. The minimum atomic E-state index is -0.910. The van der Waals surface area contributed by atoms with E-state index >= 15 is 0 Å². The highest BCUT2D eigenvalue weighted by atomic mass is 19.2. The van der Waals surface area contributed by atoms with E-state index in [1.807, 2.05) is 11.9 Å². The van der Waals surface area contributed by atoms with Crippen molar-refractivity contribution in [2.75, 3.05) is 39.8 Å². The van der Waals surface area contributed by atoms with E-state index in [1.165, 1.54) is 38.2 Å². The Morgan fingerprint density at radius 2 is 1.92 bits per heavy atom. The Morgan fingerprint density at radius 3 is 2.65 bits per heavy atom. The number of hydrogen-bond acceptors (Lipinski definition) is 4. The van der Waals surface area contributed by atoms with Crippen LogP contribution in [0.2, 0.25) is 0 Å². The van der Waals surface area contributed by atoms with Gasteiger partial charge >= 0.3 is 0 Å². The van der Waals surface area contributed by atoms with Crippen LogP contribution in [0.15, 0.2) is 18.2 Å². The van der Waals surface area contributed by atoms with Gasteiger partial charge in [-0.25, -0.2) is 8.78 Å². The average Bonchev–Trinajstić information content (AvgIpc) is 2.91. The van der Waals surface area contributed by atoms with Crippen molar-refractivity contribution in [2.45, 2.75) is 77.2 Å². The summed E-state index contributed by atoms with van der Waals surface area (Å²) >= 11 is 0. The van der Waals surface area contributed by atoms with Crippen molar-refractivity contribution < 1.29 is 23.1 Å². The summed E-state index contributed by atoms with van der Waals surface area (Å²) in [6.45, 7) is 4.20. The Bertz CT molecular complexity index is 863. The number of piperidine rings is 1. The minimum Gasteiger partial charge on any atom is -0.371 e. The first-order chi connectivity index (χ1) is 17.9. The predicted octanol–water partition coefficient (Wildman–Crippen LogP) is 4.98. The highest BCUT2D eigenvalue weighted by Crippen LogP contribution is 2.36. The quantitative estimate of drug-likeness (QED) is 0.359. The zero-order valence-corrected chi connectivity index (χ0v) is 22.6. The fourth-order valence-electron chi connectivity index (χ4n) is 6.00. The van der Waals surface area contributed by atoms with E-state index in [-0.39, 0.29) is 29.9 Å². The summed E-state index contributed by atoms with van der Waals surface area (Å²) in [5.74, 6) is -0.920. The molecule has 8 heteroatoms. The van der Waals surface area contributed by atoms with Crippen LogP contribution in [0.4, 0.5) is 8.78 Å². The standard InChI is InChI=1S/C29H45F2N3O3/c1-3-26(35)33-14-16-37-29(24-12-7-13-25(30)28(24)31)23-11-8-15-34(20-23)27(36)18-22(19-32-2)17-21-9-5-4-6-10-21/h7,12-13,21-23,29,32H,3-6,8-11,14-20H2,1-2H3,(H,33,35)/t22-,23-,29-/m1/s1. The highest BCUT2D eigenvalue weighted by Gasteiger charge is 2.34.